The van der Waals surface area contributed by atoms with Gasteiger partial charge in [0.15, 0.2) is 0 Å². The monoisotopic (exact) mass is 327 g/mol. The van der Waals surface area contributed by atoms with Gasteiger partial charge in [-0.25, -0.2) is 4.98 Å². The summed E-state index contributed by atoms with van der Waals surface area (Å²) in [6, 6.07) is 12.6. The molecule has 0 unspecified atom stereocenters. The number of nitrogens with zero attached hydrogens (tertiary/aromatic N) is 3. The molecule has 3 aromatic rings. The van der Waals surface area contributed by atoms with Crippen LogP contribution in [0.25, 0.3) is 16.9 Å². The fourth-order valence-electron chi connectivity index (χ4n) is 2.43. The second kappa shape index (κ2) is 5.26. The van der Waals surface area contributed by atoms with Gasteiger partial charge in [0.25, 0.3) is 5.56 Å². The SMILES string of the molecule is O=c1cc2c(nn1-c1ccc(Cl)cc1)-c1cccnc1SC2. The Hall–Kier alpha value is -2.11. The molecule has 0 N–H and O–H groups in total. The maximum Gasteiger partial charge on any atom is 0.271 e. The number of fused-ring (bicyclic) bond motifs is 3. The maximum absolute atomic E-state index is 12.3. The van der Waals surface area contributed by atoms with Crippen LogP contribution in [0.3, 0.4) is 0 Å². The number of pyridine rings is 1. The molecule has 22 heavy (non-hydrogen) atoms. The molecule has 0 atom stereocenters. The molecule has 0 radical (unpaired) electrons. The van der Waals surface area contributed by atoms with Crippen LogP contribution in [0.4, 0.5) is 0 Å². The van der Waals surface area contributed by atoms with Crippen LogP contribution < -0.4 is 5.56 Å². The standard InChI is InChI=1S/C16H10ClN3OS/c17-11-3-5-12(6-4-11)20-14(21)8-10-9-22-16-13(15(10)19-20)2-1-7-18-16/h1-8H,9H2. The molecule has 1 aliphatic rings. The molecule has 4 rings (SSSR count). The van der Waals surface area contributed by atoms with Crippen LogP contribution in [0, 0.1) is 0 Å². The second-order valence-electron chi connectivity index (χ2n) is 4.89. The molecule has 1 aliphatic heterocycles. The van der Waals surface area contributed by atoms with Gasteiger partial charge in [-0.2, -0.15) is 9.78 Å². The van der Waals surface area contributed by atoms with E-state index in [1.165, 1.54) is 4.68 Å². The van der Waals surface area contributed by atoms with Gasteiger partial charge in [0.05, 0.1) is 11.4 Å². The molecule has 108 valence electrons. The van der Waals surface area contributed by atoms with Crippen molar-refractivity contribution in [3.05, 3.63) is 69.6 Å². The molecule has 6 heteroatoms. The molecule has 0 spiro atoms. The third kappa shape index (κ3) is 2.23. The molecule has 3 heterocycles. The van der Waals surface area contributed by atoms with E-state index in [9.17, 15) is 4.79 Å². The Bertz CT molecular complexity index is 921. The van der Waals surface area contributed by atoms with Crippen molar-refractivity contribution in [2.24, 2.45) is 0 Å². The number of hydrogen-bond acceptors (Lipinski definition) is 4. The average molecular weight is 328 g/mol. The van der Waals surface area contributed by atoms with E-state index in [4.69, 9.17) is 11.6 Å². The Kier molecular flexibility index (Phi) is 3.24. The Balaban J connectivity index is 1.94. The summed E-state index contributed by atoms with van der Waals surface area (Å²) >= 11 is 7.53. The highest BCUT2D eigenvalue weighted by atomic mass is 35.5. The Morgan fingerprint density at radius 3 is 2.82 bits per heavy atom. The van der Waals surface area contributed by atoms with E-state index in [0.717, 1.165) is 21.8 Å². The summed E-state index contributed by atoms with van der Waals surface area (Å²) in [5, 5.41) is 6.14. The van der Waals surface area contributed by atoms with Crippen molar-refractivity contribution < 1.29 is 0 Å². The van der Waals surface area contributed by atoms with E-state index in [0.29, 0.717) is 16.5 Å². The lowest BCUT2D eigenvalue weighted by atomic mass is 10.1. The van der Waals surface area contributed by atoms with Gasteiger partial charge >= 0.3 is 0 Å². The third-order valence-electron chi connectivity index (χ3n) is 3.47. The summed E-state index contributed by atoms with van der Waals surface area (Å²) in [4.78, 5) is 16.7. The Labute approximate surface area is 135 Å². The minimum Gasteiger partial charge on any atom is -0.267 e. The molecule has 0 fully saturated rings. The smallest absolute Gasteiger partial charge is 0.267 e. The molecule has 0 saturated carbocycles. The highest BCUT2D eigenvalue weighted by Gasteiger charge is 2.20. The zero-order valence-electron chi connectivity index (χ0n) is 11.4. The van der Waals surface area contributed by atoms with Gasteiger partial charge in [-0.3, -0.25) is 4.79 Å². The molecular formula is C16H10ClN3OS. The minimum absolute atomic E-state index is 0.144. The number of rotatable bonds is 1. The first-order valence-corrected chi connectivity index (χ1v) is 8.06. The van der Waals surface area contributed by atoms with Crippen LogP contribution in [-0.4, -0.2) is 14.8 Å². The highest BCUT2D eigenvalue weighted by molar-refractivity contribution is 7.98. The van der Waals surface area contributed by atoms with Crippen molar-refractivity contribution in [2.45, 2.75) is 10.8 Å². The predicted octanol–water partition coefficient (Wildman–Crippen LogP) is 3.55. The van der Waals surface area contributed by atoms with Crippen molar-refractivity contribution in [2.75, 3.05) is 0 Å². The Morgan fingerprint density at radius 1 is 1.18 bits per heavy atom. The fourth-order valence-corrected chi connectivity index (χ4v) is 3.52. The van der Waals surface area contributed by atoms with Crippen molar-refractivity contribution in [1.82, 2.24) is 14.8 Å². The van der Waals surface area contributed by atoms with E-state index < -0.39 is 0 Å². The van der Waals surface area contributed by atoms with Crippen LogP contribution in [0.1, 0.15) is 5.56 Å². The minimum atomic E-state index is -0.144. The Morgan fingerprint density at radius 2 is 2.00 bits per heavy atom. The van der Waals surface area contributed by atoms with Gasteiger partial charge in [0, 0.05) is 28.6 Å². The molecule has 0 saturated heterocycles. The molecule has 4 nitrogen and oxygen atoms in total. The maximum atomic E-state index is 12.3. The average Bonchev–Trinajstić information content (AvgIpc) is 2.55. The van der Waals surface area contributed by atoms with E-state index in [1.807, 2.05) is 12.1 Å². The zero-order chi connectivity index (χ0) is 15.1. The van der Waals surface area contributed by atoms with Crippen molar-refractivity contribution in [1.29, 1.82) is 0 Å². The lowest BCUT2D eigenvalue weighted by molar-refractivity contribution is 0.801. The van der Waals surface area contributed by atoms with E-state index in [2.05, 4.69) is 10.1 Å². The van der Waals surface area contributed by atoms with Gasteiger partial charge in [0.1, 0.15) is 5.03 Å². The molecule has 0 bridgehead atoms. The lowest BCUT2D eigenvalue weighted by Crippen LogP contribution is -2.23. The summed E-state index contributed by atoms with van der Waals surface area (Å²) in [7, 11) is 0. The number of thioether (sulfide) groups is 1. The first-order valence-electron chi connectivity index (χ1n) is 6.70. The highest BCUT2D eigenvalue weighted by Crippen LogP contribution is 2.38. The van der Waals surface area contributed by atoms with Crippen molar-refractivity contribution >= 4 is 23.4 Å². The first-order chi connectivity index (χ1) is 10.7. The lowest BCUT2D eigenvalue weighted by Gasteiger charge is -2.18. The van der Waals surface area contributed by atoms with Gasteiger partial charge in [-0.15, -0.1) is 11.8 Å². The van der Waals surface area contributed by atoms with Crippen molar-refractivity contribution in [3.63, 3.8) is 0 Å². The van der Waals surface area contributed by atoms with Gasteiger partial charge in [0.2, 0.25) is 0 Å². The van der Waals surface area contributed by atoms with Crippen LogP contribution in [0.2, 0.25) is 5.02 Å². The summed E-state index contributed by atoms with van der Waals surface area (Å²) in [6.45, 7) is 0. The van der Waals surface area contributed by atoms with E-state index in [-0.39, 0.29) is 5.56 Å². The second-order valence-corrected chi connectivity index (χ2v) is 6.29. The normalized spacial score (nSPS) is 12.6. The van der Waals surface area contributed by atoms with Crippen LogP contribution in [0.15, 0.2) is 58.5 Å². The third-order valence-corrected chi connectivity index (χ3v) is 4.78. The van der Waals surface area contributed by atoms with Crippen LogP contribution in [-0.2, 0) is 5.75 Å². The molecule has 1 aromatic carbocycles. The number of benzene rings is 1. The molecule has 2 aromatic heterocycles. The van der Waals surface area contributed by atoms with Crippen LogP contribution >= 0.6 is 23.4 Å². The predicted molar refractivity (Wildman–Crippen MR) is 87.6 cm³/mol. The number of halogens is 1. The molecular weight excluding hydrogens is 318 g/mol. The van der Waals surface area contributed by atoms with Crippen molar-refractivity contribution in [3.8, 4) is 16.9 Å². The topological polar surface area (TPSA) is 47.8 Å². The number of hydrogen-bond donors (Lipinski definition) is 0. The summed E-state index contributed by atoms with van der Waals surface area (Å²) in [5.74, 6) is 0.711. The fraction of sp³-hybridized carbons (Fsp3) is 0.0625. The zero-order valence-corrected chi connectivity index (χ0v) is 12.9. The largest absolute Gasteiger partial charge is 0.271 e. The van der Waals surface area contributed by atoms with Gasteiger partial charge in [-0.05, 0) is 42.0 Å². The number of aromatic nitrogens is 3. The van der Waals surface area contributed by atoms with Crippen LogP contribution in [0.5, 0.6) is 0 Å². The van der Waals surface area contributed by atoms with Gasteiger partial charge in [-0.1, -0.05) is 11.6 Å². The summed E-state index contributed by atoms with van der Waals surface area (Å²) in [5.41, 5.74) is 3.28. The quantitative estimate of drug-likeness (QED) is 0.685. The first kappa shape index (κ1) is 13.5. The summed E-state index contributed by atoms with van der Waals surface area (Å²) < 4.78 is 1.40. The molecule has 0 amide bonds. The van der Waals surface area contributed by atoms with Gasteiger partial charge < -0.3 is 0 Å². The van der Waals surface area contributed by atoms with E-state index in [1.54, 1.807) is 48.3 Å². The molecule has 0 aliphatic carbocycles. The van der Waals surface area contributed by atoms with E-state index >= 15 is 0 Å². The summed E-state index contributed by atoms with van der Waals surface area (Å²) in [6.07, 6.45) is 1.77.